The molecule has 2 aromatic carbocycles. The van der Waals surface area contributed by atoms with Gasteiger partial charge in [-0.2, -0.15) is 0 Å². The number of ether oxygens (including phenoxy) is 1. The number of carbonyl (C=O) groups is 1. The summed E-state index contributed by atoms with van der Waals surface area (Å²) in [5.74, 6) is -2.10. The summed E-state index contributed by atoms with van der Waals surface area (Å²) in [6, 6.07) is 3.74. The second-order valence-electron chi connectivity index (χ2n) is 10.2. The summed E-state index contributed by atoms with van der Waals surface area (Å²) in [4.78, 5) is 13.4. The van der Waals surface area contributed by atoms with Crippen LogP contribution in [0.25, 0.3) is 0 Å². The van der Waals surface area contributed by atoms with E-state index in [9.17, 15) is 30.3 Å². The molecule has 1 aliphatic rings. The van der Waals surface area contributed by atoms with E-state index in [1.165, 1.54) is 12.1 Å². The number of carbonyl (C=O) groups excluding carboxylic acids is 1. The first-order valence-corrected chi connectivity index (χ1v) is 12.3. The second kappa shape index (κ2) is 11.1. The molecule has 0 amide bonds. The van der Waals surface area contributed by atoms with E-state index in [2.05, 4.69) is 12.7 Å². The topological polar surface area (TPSA) is 127 Å². The molecule has 7 heteroatoms. The van der Waals surface area contributed by atoms with Crippen molar-refractivity contribution in [1.29, 1.82) is 0 Å². The van der Waals surface area contributed by atoms with Crippen molar-refractivity contribution < 1.29 is 35.1 Å². The van der Waals surface area contributed by atoms with Crippen LogP contribution in [0, 0.1) is 5.92 Å². The average molecular weight is 509 g/mol. The van der Waals surface area contributed by atoms with Gasteiger partial charge >= 0.3 is 0 Å². The fraction of sp³-hybridized carbons (Fsp3) is 0.367. The lowest BCUT2D eigenvalue weighted by Crippen LogP contribution is -2.37. The van der Waals surface area contributed by atoms with Crippen LogP contribution in [0.15, 0.2) is 53.6 Å². The van der Waals surface area contributed by atoms with Crippen molar-refractivity contribution in [2.24, 2.45) is 5.92 Å². The van der Waals surface area contributed by atoms with Crippen LogP contribution >= 0.6 is 0 Å². The minimum atomic E-state index is -1.73. The molecule has 0 fully saturated rings. The van der Waals surface area contributed by atoms with Crippen LogP contribution in [0.4, 0.5) is 0 Å². The number of Topliss-reactive ketones (excluding diaryl/α,β-unsaturated/α-hetero) is 1. The maximum Gasteiger partial charge on any atom is 0.202 e. The smallest absolute Gasteiger partial charge is 0.202 e. The molecule has 5 N–H and O–H groups in total. The molecule has 0 aromatic heterocycles. The quantitative estimate of drug-likeness (QED) is 0.286. The lowest BCUT2D eigenvalue weighted by molar-refractivity contribution is 0.0197. The molecule has 0 unspecified atom stereocenters. The van der Waals surface area contributed by atoms with Crippen LogP contribution in [0.3, 0.4) is 0 Å². The number of aromatic hydroxyl groups is 4. The van der Waals surface area contributed by atoms with E-state index in [1.807, 2.05) is 40.7 Å². The highest BCUT2D eigenvalue weighted by molar-refractivity contribution is 6.06. The molecule has 0 aliphatic carbocycles. The number of hydrogen-bond donors (Lipinski definition) is 5. The number of fused-ring (bicyclic) bond motifs is 1. The molecule has 3 rings (SSSR count). The summed E-state index contributed by atoms with van der Waals surface area (Å²) in [5, 5.41) is 53.4. The third-order valence-corrected chi connectivity index (χ3v) is 6.64. The summed E-state index contributed by atoms with van der Waals surface area (Å²) >= 11 is 0. The van der Waals surface area contributed by atoms with Gasteiger partial charge in [-0.15, -0.1) is 0 Å². The Kier molecular flexibility index (Phi) is 8.39. The van der Waals surface area contributed by atoms with Crippen molar-refractivity contribution in [2.45, 2.75) is 66.1 Å². The van der Waals surface area contributed by atoms with E-state index in [-0.39, 0.29) is 58.4 Å². The van der Waals surface area contributed by atoms with Crippen molar-refractivity contribution in [2.75, 3.05) is 0 Å². The third kappa shape index (κ3) is 5.83. The number of ketones is 1. The van der Waals surface area contributed by atoms with Crippen LogP contribution in [-0.2, 0) is 12.8 Å². The standard InChI is InChI=1S/C30H36O7/c1-15(2)7-9-18(17(5)6)13-22-25(33)21(11-8-16(3)4)26(34)24-27(35)28(36)30(37-29(22)24)20-12-10-19(31)14-23(20)32/h7-8,10,12,14,18,28,30-34,36H,5,9,11,13H2,1-4,6H3/t18-,28+,30-/m1/s1. The molecular formula is C30H36O7. The van der Waals surface area contributed by atoms with Crippen molar-refractivity contribution in [3.05, 3.63) is 75.9 Å². The van der Waals surface area contributed by atoms with Gasteiger partial charge in [-0.1, -0.05) is 35.5 Å². The number of allylic oxidation sites excluding steroid dienone is 5. The lowest BCUT2D eigenvalue weighted by Gasteiger charge is -2.33. The molecule has 3 atom stereocenters. The first-order valence-electron chi connectivity index (χ1n) is 12.3. The highest BCUT2D eigenvalue weighted by atomic mass is 16.5. The Balaban J connectivity index is 2.24. The van der Waals surface area contributed by atoms with E-state index in [4.69, 9.17) is 4.74 Å². The van der Waals surface area contributed by atoms with E-state index >= 15 is 0 Å². The van der Waals surface area contributed by atoms with Gasteiger partial charge in [-0.3, -0.25) is 4.79 Å². The Labute approximate surface area is 217 Å². The summed E-state index contributed by atoms with van der Waals surface area (Å²) < 4.78 is 6.11. The van der Waals surface area contributed by atoms with Gasteiger partial charge in [0.25, 0.3) is 0 Å². The number of phenolic OH excluding ortho intramolecular Hbond substituents is 4. The number of phenols is 4. The molecule has 198 valence electrons. The van der Waals surface area contributed by atoms with Gasteiger partial charge < -0.3 is 30.3 Å². The number of benzene rings is 2. The van der Waals surface area contributed by atoms with E-state index in [0.717, 1.165) is 22.8 Å². The Morgan fingerprint density at radius 3 is 2.22 bits per heavy atom. The van der Waals surface area contributed by atoms with E-state index < -0.39 is 23.7 Å². The van der Waals surface area contributed by atoms with Crippen LogP contribution in [0.1, 0.15) is 74.2 Å². The predicted molar refractivity (Wildman–Crippen MR) is 142 cm³/mol. The number of rotatable bonds is 8. The normalized spacial score (nSPS) is 17.4. The number of aliphatic hydroxyl groups excluding tert-OH is 1. The molecular weight excluding hydrogens is 472 g/mol. The first kappa shape index (κ1) is 27.9. The molecule has 2 aromatic rings. The molecule has 0 radical (unpaired) electrons. The van der Waals surface area contributed by atoms with Crippen LogP contribution in [0.2, 0.25) is 0 Å². The van der Waals surface area contributed by atoms with Crippen LogP contribution < -0.4 is 4.74 Å². The van der Waals surface area contributed by atoms with Crippen molar-refractivity contribution in [3.63, 3.8) is 0 Å². The second-order valence-corrected chi connectivity index (χ2v) is 10.2. The van der Waals surface area contributed by atoms with E-state index in [1.54, 1.807) is 0 Å². The molecule has 37 heavy (non-hydrogen) atoms. The Morgan fingerprint density at radius 2 is 1.65 bits per heavy atom. The van der Waals surface area contributed by atoms with Gasteiger partial charge in [-0.05, 0) is 71.9 Å². The molecule has 1 heterocycles. The third-order valence-electron chi connectivity index (χ3n) is 6.64. The highest BCUT2D eigenvalue weighted by Gasteiger charge is 2.43. The van der Waals surface area contributed by atoms with Gasteiger partial charge in [0.2, 0.25) is 5.78 Å². The van der Waals surface area contributed by atoms with Gasteiger partial charge in [-0.25, -0.2) is 0 Å². The zero-order valence-corrected chi connectivity index (χ0v) is 22.0. The summed E-state index contributed by atoms with van der Waals surface area (Å²) in [6.45, 7) is 13.8. The van der Waals surface area contributed by atoms with Crippen molar-refractivity contribution in [3.8, 4) is 28.7 Å². The largest absolute Gasteiger partial charge is 0.508 e. The number of hydrogen-bond acceptors (Lipinski definition) is 7. The first-order chi connectivity index (χ1) is 17.3. The summed E-state index contributed by atoms with van der Waals surface area (Å²) in [6.07, 6.45) is 1.94. The SMILES string of the molecule is C=C(C)[C@H](CC=C(C)C)Cc1c(O)c(CC=C(C)C)c(O)c2c1O[C@H](c1ccc(O)cc1O)[C@@H](O)C2=O. The molecule has 0 bridgehead atoms. The Morgan fingerprint density at radius 1 is 1.00 bits per heavy atom. The minimum Gasteiger partial charge on any atom is -0.508 e. The molecule has 7 nitrogen and oxygen atoms in total. The van der Waals surface area contributed by atoms with Crippen molar-refractivity contribution >= 4 is 5.78 Å². The number of aliphatic hydroxyl groups is 1. The summed E-state index contributed by atoms with van der Waals surface area (Å²) in [7, 11) is 0. The lowest BCUT2D eigenvalue weighted by atomic mass is 9.83. The fourth-order valence-electron chi connectivity index (χ4n) is 4.42. The zero-order chi connectivity index (χ0) is 27.6. The highest BCUT2D eigenvalue weighted by Crippen LogP contribution is 2.50. The summed E-state index contributed by atoms with van der Waals surface area (Å²) in [5.41, 5.74) is 3.35. The van der Waals surface area contributed by atoms with Gasteiger partial charge in [0.1, 0.15) is 34.3 Å². The maximum absolute atomic E-state index is 13.4. The van der Waals surface area contributed by atoms with Crippen LogP contribution in [0.5, 0.6) is 28.7 Å². The van der Waals surface area contributed by atoms with Gasteiger partial charge in [0, 0.05) is 22.8 Å². The molecule has 0 saturated carbocycles. The minimum absolute atomic E-state index is 0.0350. The molecule has 0 spiro atoms. The Hall–Kier alpha value is -3.71. The van der Waals surface area contributed by atoms with Crippen molar-refractivity contribution in [1.82, 2.24) is 0 Å². The van der Waals surface area contributed by atoms with E-state index in [0.29, 0.717) is 12.0 Å². The zero-order valence-electron chi connectivity index (χ0n) is 22.0. The molecule has 0 saturated heterocycles. The maximum atomic E-state index is 13.4. The monoisotopic (exact) mass is 508 g/mol. The Bertz CT molecular complexity index is 1280. The predicted octanol–water partition coefficient (Wildman–Crippen LogP) is 5.79. The van der Waals surface area contributed by atoms with Gasteiger partial charge in [0.05, 0.1) is 0 Å². The van der Waals surface area contributed by atoms with Gasteiger partial charge in [0.15, 0.2) is 12.2 Å². The average Bonchev–Trinajstić information content (AvgIpc) is 2.80. The fourth-order valence-corrected chi connectivity index (χ4v) is 4.42. The van der Waals surface area contributed by atoms with Crippen LogP contribution in [-0.4, -0.2) is 37.4 Å². The molecule has 1 aliphatic heterocycles.